The monoisotopic (exact) mass is 331 g/mol. The molecule has 126 valence electrons. The Labute approximate surface area is 148 Å². The molecule has 0 radical (unpaired) electrons. The summed E-state index contributed by atoms with van der Waals surface area (Å²) in [4.78, 5) is 2.10. The van der Waals surface area contributed by atoms with Crippen molar-refractivity contribution >= 4 is 5.82 Å². The lowest BCUT2D eigenvalue weighted by atomic mass is 9.99. The summed E-state index contributed by atoms with van der Waals surface area (Å²) in [7, 11) is 0. The predicted octanol–water partition coefficient (Wildman–Crippen LogP) is 3.40. The molecule has 1 aliphatic rings. The van der Waals surface area contributed by atoms with Crippen LogP contribution in [-0.4, -0.2) is 5.11 Å². The van der Waals surface area contributed by atoms with Gasteiger partial charge in [-0.3, -0.25) is 0 Å². The number of rotatable bonds is 4. The highest BCUT2D eigenvalue weighted by Gasteiger charge is 2.51. The van der Waals surface area contributed by atoms with Crippen LogP contribution in [0.25, 0.3) is 0 Å². The first-order valence-corrected chi connectivity index (χ1v) is 8.82. The van der Waals surface area contributed by atoms with E-state index in [0.717, 1.165) is 17.8 Å². The number of pyridine rings is 1. The molecule has 3 nitrogen and oxygen atoms in total. The fourth-order valence-electron chi connectivity index (χ4n) is 3.59. The SMILES string of the molecule is CCc1ccc([C@]2(O)C[n+]3ccccc3N2Cc2ccccc2)cc1. The molecule has 2 heterocycles. The molecule has 0 spiro atoms. The minimum atomic E-state index is -1.05. The minimum Gasteiger partial charge on any atom is -0.346 e. The van der Waals surface area contributed by atoms with E-state index in [4.69, 9.17) is 0 Å². The second-order valence-electron chi connectivity index (χ2n) is 6.63. The number of aromatic nitrogens is 1. The van der Waals surface area contributed by atoms with Gasteiger partial charge in [0.1, 0.15) is 6.54 Å². The molecule has 0 unspecified atom stereocenters. The van der Waals surface area contributed by atoms with Crippen LogP contribution in [0.3, 0.4) is 0 Å². The van der Waals surface area contributed by atoms with Gasteiger partial charge in [0.15, 0.2) is 6.54 Å². The van der Waals surface area contributed by atoms with E-state index in [0.29, 0.717) is 13.1 Å². The van der Waals surface area contributed by atoms with Gasteiger partial charge in [0.05, 0.1) is 6.20 Å². The minimum absolute atomic E-state index is 0.529. The first-order valence-electron chi connectivity index (χ1n) is 8.82. The third-order valence-corrected chi connectivity index (χ3v) is 5.04. The van der Waals surface area contributed by atoms with Crippen LogP contribution in [0.1, 0.15) is 23.6 Å². The molecule has 4 rings (SSSR count). The van der Waals surface area contributed by atoms with Gasteiger partial charge >= 0.3 is 0 Å². The Morgan fingerprint density at radius 1 is 0.920 bits per heavy atom. The van der Waals surface area contributed by atoms with Gasteiger partial charge in [0.2, 0.25) is 0 Å². The lowest BCUT2D eigenvalue weighted by molar-refractivity contribution is -0.683. The number of aryl methyl sites for hydroxylation is 1. The van der Waals surface area contributed by atoms with E-state index in [9.17, 15) is 5.11 Å². The molecule has 3 heteroatoms. The molecule has 1 aromatic heterocycles. The smallest absolute Gasteiger partial charge is 0.279 e. The number of nitrogens with zero attached hydrogens (tertiary/aromatic N) is 2. The summed E-state index contributed by atoms with van der Waals surface area (Å²) in [6, 6.07) is 24.8. The van der Waals surface area contributed by atoms with E-state index in [1.165, 1.54) is 11.1 Å². The van der Waals surface area contributed by atoms with Crippen molar-refractivity contribution < 1.29 is 9.67 Å². The van der Waals surface area contributed by atoms with Crippen molar-refractivity contribution in [3.63, 3.8) is 0 Å². The normalized spacial score (nSPS) is 19.0. The fraction of sp³-hybridized carbons (Fsp3) is 0.227. The maximum Gasteiger partial charge on any atom is 0.279 e. The van der Waals surface area contributed by atoms with E-state index < -0.39 is 5.72 Å². The van der Waals surface area contributed by atoms with Crippen LogP contribution in [-0.2, 0) is 25.2 Å². The van der Waals surface area contributed by atoms with Crippen molar-refractivity contribution in [2.45, 2.75) is 32.2 Å². The second kappa shape index (κ2) is 6.34. The zero-order chi connectivity index (χ0) is 17.3. The Hall–Kier alpha value is -2.65. The van der Waals surface area contributed by atoms with Gasteiger partial charge in [-0.1, -0.05) is 67.6 Å². The van der Waals surface area contributed by atoms with Crippen LogP contribution in [0, 0.1) is 0 Å². The van der Waals surface area contributed by atoms with Crippen molar-refractivity contribution in [3.8, 4) is 0 Å². The van der Waals surface area contributed by atoms with Crippen molar-refractivity contribution in [1.82, 2.24) is 0 Å². The molecule has 3 aromatic rings. The quantitative estimate of drug-likeness (QED) is 0.742. The van der Waals surface area contributed by atoms with E-state index in [1.54, 1.807) is 0 Å². The Morgan fingerprint density at radius 3 is 2.36 bits per heavy atom. The summed E-state index contributed by atoms with van der Waals surface area (Å²) in [5, 5.41) is 11.7. The van der Waals surface area contributed by atoms with Gasteiger partial charge in [0.25, 0.3) is 11.5 Å². The number of aliphatic hydroxyl groups is 1. The fourth-order valence-corrected chi connectivity index (χ4v) is 3.59. The highest BCUT2D eigenvalue weighted by molar-refractivity contribution is 5.44. The van der Waals surface area contributed by atoms with Gasteiger partial charge < -0.3 is 5.11 Å². The van der Waals surface area contributed by atoms with Crippen LogP contribution in [0.2, 0.25) is 0 Å². The van der Waals surface area contributed by atoms with Gasteiger partial charge in [0, 0.05) is 11.6 Å². The third-order valence-electron chi connectivity index (χ3n) is 5.04. The van der Waals surface area contributed by atoms with Crippen molar-refractivity contribution in [1.29, 1.82) is 0 Å². The lowest BCUT2D eigenvalue weighted by Crippen LogP contribution is -2.45. The predicted molar refractivity (Wildman–Crippen MR) is 99.0 cm³/mol. The van der Waals surface area contributed by atoms with Gasteiger partial charge in [-0.05, 0) is 23.6 Å². The standard InChI is InChI=1S/C22H23N2O/c1-2-18-11-13-20(14-12-18)22(25)17-23-15-7-6-10-21(23)24(22)16-19-8-4-3-5-9-19/h3-15,25H,2,16-17H2,1H3/q+1/t22-/m1/s1. The van der Waals surface area contributed by atoms with Crippen molar-refractivity contribution in [2.24, 2.45) is 0 Å². The zero-order valence-corrected chi connectivity index (χ0v) is 14.5. The molecule has 2 aromatic carbocycles. The van der Waals surface area contributed by atoms with E-state index in [2.05, 4.69) is 58.9 Å². The zero-order valence-electron chi connectivity index (χ0n) is 14.5. The molecule has 0 amide bonds. The van der Waals surface area contributed by atoms with Crippen LogP contribution < -0.4 is 9.47 Å². The molecule has 1 aliphatic heterocycles. The number of anilines is 1. The summed E-state index contributed by atoms with van der Waals surface area (Å²) in [5.41, 5.74) is 2.36. The third kappa shape index (κ3) is 2.81. The summed E-state index contributed by atoms with van der Waals surface area (Å²) in [6.45, 7) is 3.34. The highest BCUT2D eigenvalue weighted by atomic mass is 16.3. The summed E-state index contributed by atoms with van der Waals surface area (Å²) >= 11 is 0. The topological polar surface area (TPSA) is 27.4 Å². The highest BCUT2D eigenvalue weighted by Crippen LogP contribution is 2.36. The van der Waals surface area contributed by atoms with E-state index >= 15 is 0 Å². The molecule has 0 saturated carbocycles. The lowest BCUT2D eigenvalue weighted by Gasteiger charge is -2.28. The molecular weight excluding hydrogens is 308 g/mol. The average Bonchev–Trinajstić information content (AvgIpc) is 2.96. The summed E-state index contributed by atoms with van der Waals surface area (Å²) in [5.74, 6) is 1.04. The van der Waals surface area contributed by atoms with E-state index in [-0.39, 0.29) is 0 Å². The molecular formula is C22H23N2O+. The Balaban J connectivity index is 1.76. The van der Waals surface area contributed by atoms with E-state index in [1.807, 2.05) is 36.5 Å². The first kappa shape index (κ1) is 15.9. The van der Waals surface area contributed by atoms with Crippen LogP contribution in [0.5, 0.6) is 0 Å². The van der Waals surface area contributed by atoms with Gasteiger partial charge in [-0.15, -0.1) is 0 Å². The number of benzene rings is 2. The number of hydrogen-bond donors (Lipinski definition) is 1. The Bertz CT molecular complexity index is 861. The largest absolute Gasteiger partial charge is 0.346 e. The van der Waals surface area contributed by atoms with Crippen LogP contribution >= 0.6 is 0 Å². The molecule has 0 fully saturated rings. The van der Waals surface area contributed by atoms with Gasteiger partial charge in [-0.2, -0.15) is 0 Å². The molecule has 0 aliphatic carbocycles. The summed E-state index contributed by atoms with van der Waals surface area (Å²) < 4.78 is 2.12. The maximum atomic E-state index is 11.7. The Kier molecular flexibility index (Phi) is 4.02. The molecule has 1 N–H and O–H groups in total. The molecule has 0 bridgehead atoms. The van der Waals surface area contributed by atoms with Gasteiger partial charge in [-0.25, -0.2) is 9.47 Å². The second-order valence-corrected chi connectivity index (χ2v) is 6.63. The molecule has 25 heavy (non-hydrogen) atoms. The van der Waals surface area contributed by atoms with Crippen molar-refractivity contribution in [2.75, 3.05) is 4.90 Å². The average molecular weight is 331 g/mol. The van der Waals surface area contributed by atoms with Crippen LogP contribution in [0.4, 0.5) is 5.82 Å². The number of hydrogen-bond acceptors (Lipinski definition) is 2. The Morgan fingerprint density at radius 2 is 1.64 bits per heavy atom. The number of fused-ring (bicyclic) bond motifs is 1. The first-order chi connectivity index (χ1) is 12.2. The molecule has 0 saturated heterocycles. The van der Waals surface area contributed by atoms with Crippen molar-refractivity contribution in [3.05, 3.63) is 95.7 Å². The summed E-state index contributed by atoms with van der Waals surface area (Å²) in [6.07, 6.45) is 3.03. The maximum absolute atomic E-state index is 11.7. The molecule has 1 atom stereocenters. The van der Waals surface area contributed by atoms with Crippen LogP contribution in [0.15, 0.2) is 79.0 Å².